The summed E-state index contributed by atoms with van der Waals surface area (Å²) in [5, 5.41) is 10.1. The molecule has 4 rings (SSSR count). The van der Waals surface area contributed by atoms with E-state index in [1.165, 1.54) is 32.0 Å². The summed E-state index contributed by atoms with van der Waals surface area (Å²) in [4.78, 5) is 30.1. The van der Waals surface area contributed by atoms with E-state index < -0.39 is 17.9 Å². The van der Waals surface area contributed by atoms with E-state index in [1.807, 2.05) is 30.3 Å². The molecule has 1 fully saturated rings. The van der Waals surface area contributed by atoms with Crippen molar-refractivity contribution in [1.82, 2.24) is 4.90 Å². The molecule has 186 valence electrons. The number of ether oxygens (including phenoxy) is 2. The van der Waals surface area contributed by atoms with E-state index in [0.717, 1.165) is 31.6 Å². The molecule has 0 aliphatic carbocycles. The quantitative estimate of drug-likeness (QED) is 0.594. The van der Waals surface area contributed by atoms with Crippen LogP contribution in [0.4, 0.5) is 5.69 Å². The van der Waals surface area contributed by atoms with Crippen LogP contribution in [0, 0.1) is 11.3 Å². The summed E-state index contributed by atoms with van der Waals surface area (Å²) in [5.41, 5.74) is 8.94. The van der Waals surface area contributed by atoms with E-state index in [9.17, 15) is 14.9 Å². The molecule has 0 amide bonds. The first-order chi connectivity index (χ1) is 17.5. The molecule has 2 aliphatic rings. The van der Waals surface area contributed by atoms with Crippen LogP contribution >= 0.6 is 0 Å². The molecule has 0 aromatic heterocycles. The number of hydrogen-bond acceptors (Lipinski definition) is 8. The Hall–Kier alpha value is -4.09. The number of hydrogen-bond donors (Lipinski definition) is 1. The van der Waals surface area contributed by atoms with Gasteiger partial charge in [0.15, 0.2) is 0 Å². The van der Waals surface area contributed by atoms with Crippen LogP contribution in [0.2, 0.25) is 0 Å². The highest BCUT2D eigenvalue weighted by molar-refractivity contribution is 6.06. The first kappa shape index (κ1) is 25.0. The summed E-state index contributed by atoms with van der Waals surface area (Å²) >= 11 is 0. The SMILES string of the molecule is COC(=O)C1=C(C(=O)OC)N(c2ccc(CCN3CCCC3)cc2)C(N)=C(C#N)C1c1ccccc1. The Morgan fingerprint density at radius 3 is 2.22 bits per heavy atom. The molecular weight excluding hydrogens is 456 g/mol. The number of esters is 2. The van der Waals surface area contributed by atoms with Gasteiger partial charge < -0.3 is 20.1 Å². The predicted molar refractivity (Wildman–Crippen MR) is 135 cm³/mol. The first-order valence-electron chi connectivity index (χ1n) is 12.0. The van der Waals surface area contributed by atoms with Crippen LogP contribution < -0.4 is 10.6 Å². The lowest BCUT2D eigenvalue weighted by atomic mass is 9.81. The minimum atomic E-state index is -0.881. The Morgan fingerprint density at radius 1 is 1.00 bits per heavy atom. The standard InChI is InChI=1S/C28H30N4O4/c1-35-27(33)24-23(20-8-4-3-5-9-20)22(18-29)26(30)32(25(24)28(34)36-2)21-12-10-19(11-13-21)14-17-31-15-6-7-16-31/h3-5,8-13,23H,6-7,14-17,30H2,1-2H3. The summed E-state index contributed by atoms with van der Waals surface area (Å²) in [5.74, 6) is -2.32. The second kappa shape index (κ2) is 11.1. The van der Waals surface area contributed by atoms with Crippen molar-refractivity contribution in [2.45, 2.75) is 25.2 Å². The van der Waals surface area contributed by atoms with Gasteiger partial charge in [-0.2, -0.15) is 5.26 Å². The molecule has 2 aromatic rings. The van der Waals surface area contributed by atoms with Gasteiger partial charge in [-0.1, -0.05) is 42.5 Å². The number of benzene rings is 2. The maximum absolute atomic E-state index is 13.1. The fraction of sp³-hybridized carbons (Fsp3) is 0.321. The van der Waals surface area contributed by atoms with Gasteiger partial charge in [0.05, 0.1) is 37.4 Å². The summed E-state index contributed by atoms with van der Waals surface area (Å²) in [6.07, 6.45) is 3.39. The number of nitrogens with two attached hydrogens (primary N) is 1. The number of allylic oxidation sites excluding steroid dienone is 1. The third kappa shape index (κ3) is 4.83. The first-order valence-corrected chi connectivity index (χ1v) is 12.0. The lowest BCUT2D eigenvalue weighted by Gasteiger charge is -2.36. The van der Waals surface area contributed by atoms with Crippen molar-refractivity contribution in [3.05, 3.63) is 88.4 Å². The second-order valence-corrected chi connectivity index (χ2v) is 8.80. The highest BCUT2D eigenvalue weighted by Crippen LogP contribution is 2.43. The monoisotopic (exact) mass is 486 g/mol. The van der Waals surface area contributed by atoms with Crippen LogP contribution in [0.25, 0.3) is 0 Å². The number of likely N-dealkylation sites (tertiary alicyclic amines) is 1. The van der Waals surface area contributed by atoms with Gasteiger partial charge in [-0.25, -0.2) is 9.59 Å². The van der Waals surface area contributed by atoms with Gasteiger partial charge in [0.25, 0.3) is 0 Å². The Labute approximate surface area is 211 Å². The average molecular weight is 487 g/mol. The van der Waals surface area contributed by atoms with Gasteiger partial charge in [0.2, 0.25) is 0 Å². The average Bonchev–Trinajstić information content (AvgIpc) is 3.45. The topological polar surface area (TPSA) is 109 Å². The van der Waals surface area contributed by atoms with Crippen molar-refractivity contribution in [3.8, 4) is 6.07 Å². The van der Waals surface area contributed by atoms with Gasteiger partial charge in [-0.15, -0.1) is 0 Å². The van der Waals surface area contributed by atoms with E-state index in [-0.39, 0.29) is 22.7 Å². The third-order valence-electron chi connectivity index (χ3n) is 6.72. The number of carbonyl (C=O) groups excluding carboxylic acids is 2. The van der Waals surface area contributed by atoms with Crippen molar-refractivity contribution < 1.29 is 19.1 Å². The maximum atomic E-state index is 13.1. The Bertz CT molecular complexity index is 1220. The van der Waals surface area contributed by atoms with Crippen LogP contribution in [0.3, 0.4) is 0 Å². The predicted octanol–water partition coefficient (Wildman–Crippen LogP) is 3.22. The van der Waals surface area contributed by atoms with E-state index in [2.05, 4.69) is 11.0 Å². The van der Waals surface area contributed by atoms with Crippen molar-refractivity contribution in [2.24, 2.45) is 5.73 Å². The van der Waals surface area contributed by atoms with Gasteiger partial charge in [0, 0.05) is 12.2 Å². The molecule has 2 N–H and O–H groups in total. The number of carbonyl (C=O) groups is 2. The number of nitriles is 1. The van der Waals surface area contributed by atoms with Crippen LogP contribution in [0.1, 0.15) is 29.9 Å². The number of anilines is 1. The van der Waals surface area contributed by atoms with Crippen molar-refractivity contribution >= 4 is 17.6 Å². The van der Waals surface area contributed by atoms with Gasteiger partial charge in [0.1, 0.15) is 11.5 Å². The molecule has 1 unspecified atom stereocenters. The zero-order valence-corrected chi connectivity index (χ0v) is 20.6. The summed E-state index contributed by atoms with van der Waals surface area (Å²) in [6, 6.07) is 18.7. The minimum Gasteiger partial charge on any atom is -0.466 e. The molecule has 36 heavy (non-hydrogen) atoms. The molecule has 0 bridgehead atoms. The smallest absolute Gasteiger partial charge is 0.355 e. The fourth-order valence-electron chi connectivity index (χ4n) is 4.89. The molecule has 1 saturated heterocycles. The lowest BCUT2D eigenvalue weighted by Crippen LogP contribution is -2.40. The highest BCUT2D eigenvalue weighted by atomic mass is 16.5. The molecule has 8 nitrogen and oxygen atoms in total. The van der Waals surface area contributed by atoms with Gasteiger partial charge >= 0.3 is 11.9 Å². The number of rotatable bonds is 7. The van der Waals surface area contributed by atoms with E-state index >= 15 is 0 Å². The summed E-state index contributed by atoms with van der Waals surface area (Å²) in [6.45, 7) is 3.26. The Kier molecular flexibility index (Phi) is 7.71. The Morgan fingerprint density at radius 2 is 1.64 bits per heavy atom. The molecule has 0 saturated carbocycles. The largest absolute Gasteiger partial charge is 0.466 e. The molecule has 0 spiro atoms. The molecule has 0 radical (unpaired) electrons. The number of nitrogens with zero attached hydrogens (tertiary/aromatic N) is 3. The van der Waals surface area contributed by atoms with Gasteiger partial charge in [-0.05, 0) is 55.6 Å². The summed E-state index contributed by atoms with van der Waals surface area (Å²) < 4.78 is 10.1. The van der Waals surface area contributed by atoms with E-state index in [0.29, 0.717) is 11.3 Å². The van der Waals surface area contributed by atoms with Crippen molar-refractivity contribution in [2.75, 3.05) is 38.8 Å². The Balaban J connectivity index is 1.80. The zero-order chi connectivity index (χ0) is 25.7. The van der Waals surface area contributed by atoms with Crippen molar-refractivity contribution in [3.63, 3.8) is 0 Å². The normalized spacial score (nSPS) is 18.2. The highest BCUT2D eigenvalue weighted by Gasteiger charge is 2.42. The lowest BCUT2D eigenvalue weighted by molar-refractivity contribution is -0.139. The molecule has 2 heterocycles. The maximum Gasteiger partial charge on any atom is 0.355 e. The molecule has 2 aromatic carbocycles. The second-order valence-electron chi connectivity index (χ2n) is 8.80. The van der Waals surface area contributed by atoms with Crippen LogP contribution in [-0.2, 0) is 25.5 Å². The molecule has 1 atom stereocenters. The zero-order valence-electron chi connectivity index (χ0n) is 20.6. The van der Waals surface area contributed by atoms with Gasteiger partial charge in [-0.3, -0.25) is 4.90 Å². The van der Waals surface area contributed by atoms with Crippen LogP contribution in [0.15, 0.2) is 77.3 Å². The summed E-state index contributed by atoms with van der Waals surface area (Å²) in [7, 11) is 2.47. The van der Waals surface area contributed by atoms with Crippen LogP contribution in [-0.4, -0.2) is 50.7 Å². The third-order valence-corrected chi connectivity index (χ3v) is 6.72. The fourth-order valence-corrected chi connectivity index (χ4v) is 4.89. The molecular formula is C28H30N4O4. The van der Waals surface area contributed by atoms with E-state index in [4.69, 9.17) is 15.2 Å². The van der Waals surface area contributed by atoms with E-state index in [1.54, 1.807) is 24.3 Å². The number of methoxy groups -OCH3 is 2. The molecule has 8 heteroatoms. The molecule has 2 aliphatic heterocycles. The van der Waals surface area contributed by atoms with Crippen LogP contribution in [0.5, 0.6) is 0 Å². The minimum absolute atomic E-state index is 0.000546. The van der Waals surface area contributed by atoms with Crippen molar-refractivity contribution in [1.29, 1.82) is 5.26 Å².